The van der Waals surface area contributed by atoms with E-state index in [1.165, 1.54) is 0 Å². The molecule has 0 aliphatic heterocycles. The molecule has 0 aromatic carbocycles. The fourth-order valence-electron chi connectivity index (χ4n) is 1.84. The van der Waals surface area contributed by atoms with E-state index in [9.17, 15) is 4.79 Å². The Balaban J connectivity index is 1.79. The van der Waals surface area contributed by atoms with E-state index >= 15 is 0 Å². The van der Waals surface area contributed by atoms with Crippen LogP contribution in [0.4, 0.5) is 4.79 Å². The van der Waals surface area contributed by atoms with Crippen molar-refractivity contribution < 1.29 is 13.7 Å². The average Bonchev–Trinajstić information content (AvgIpc) is 3.08. The second-order valence-electron chi connectivity index (χ2n) is 4.79. The van der Waals surface area contributed by atoms with Crippen molar-refractivity contribution in [3.05, 3.63) is 35.9 Å². The summed E-state index contributed by atoms with van der Waals surface area (Å²) in [5, 5.41) is 9.09. The normalized spacial score (nSPS) is 12.4. The summed E-state index contributed by atoms with van der Waals surface area (Å²) in [6.45, 7) is 2.34. The predicted molar refractivity (Wildman–Crippen MR) is 74.4 cm³/mol. The Labute approximate surface area is 122 Å². The number of rotatable bonds is 6. The highest BCUT2D eigenvalue weighted by Crippen LogP contribution is 2.17. The van der Waals surface area contributed by atoms with E-state index in [0.717, 1.165) is 5.76 Å². The highest BCUT2D eigenvalue weighted by atomic mass is 16.5. The van der Waals surface area contributed by atoms with Gasteiger partial charge in [-0.3, -0.25) is 4.90 Å². The zero-order valence-electron chi connectivity index (χ0n) is 12.3. The number of hydrogen-bond acceptors (Lipinski definition) is 6. The fraction of sp³-hybridized carbons (Fsp3) is 0.462. The van der Waals surface area contributed by atoms with Crippen LogP contribution in [0.25, 0.3) is 0 Å². The van der Waals surface area contributed by atoms with Gasteiger partial charge in [-0.15, -0.1) is 0 Å². The van der Waals surface area contributed by atoms with Crippen molar-refractivity contribution in [1.82, 2.24) is 25.7 Å². The van der Waals surface area contributed by atoms with Crippen LogP contribution in [-0.4, -0.2) is 41.7 Å². The predicted octanol–water partition coefficient (Wildman–Crippen LogP) is 1.07. The van der Waals surface area contributed by atoms with Gasteiger partial charge in [0.1, 0.15) is 5.76 Å². The van der Waals surface area contributed by atoms with Crippen LogP contribution in [0.5, 0.6) is 0 Å². The minimum Gasteiger partial charge on any atom is -0.468 e. The summed E-state index contributed by atoms with van der Waals surface area (Å²) in [4.78, 5) is 17.7. The summed E-state index contributed by atoms with van der Waals surface area (Å²) in [6, 6.07) is 3.37. The van der Waals surface area contributed by atoms with Crippen molar-refractivity contribution in [2.24, 2.45) is 0 Å². The highest BCUT2D eigenvalue weighted by molar-refractivity contribution is 5.73. The lowest BCUT2D eigenvalue weighted by Crippen LogP contribution is -2.40. The number of nitrogens with zero attached hydrogens (tertiary/aromatic N) is 3. The first-order valence-corrected chi connectivity index (χ1v) is 6.57. The molecule has 0 saturated heterocycles. The smallest absolute Gasteiger partial charge is 0.315 e. The Morgan fingerprint density at radius 3 is 2.81 bits per heavy atom. The van der Waals surface area contributed by atoms with E-state index in [2.05, 4.69) is 20.8 Å². The molecule has 2 aromatic heterocycles. The first kappa shape index (κ1) is 15.0. The van der Waals surface area contributed by atoms with Gasteiger partial charge in [-0.1, -0.05) is 5.16 Å². The molecule has 0 aliphatic carbocycles. The van der Waals surface area contributed by atoms with Gasteiger partial charge in [-0.2, -0.15) is 4.98 Å². The number of aromatic nitrogens is 2. The molecule has 0 aliphatic rings. The summed E-state index contributed by atoms with van der Waals surface area (Å²) in [7, 11) is 3.85. The summed E-state index contributed by atoms with van der Waals surface area (Å²) < 4.78 is 10.3. The molecular weight excluding hydrogens is 274 g/mol. The van der Waals surface area contributed by atoms with E-state index in [0.29, 0.717) is 18.3 Å². The number of urea groups is 1. The monoisotopic (exact) mass is 293 g/mol. The van der Waals surface area contributed by atoms with Crippen molar-refractivity contribution in [2.45, 2.75) is 19.5 Å². The molecule has 2 aromatic rings. The van der Waals surface area contributed by atoms with Crippen LogP contribution in [0.2, 0.25) is 0 Å². The number of likely N-dealkylation sites (N-methyl/N-ethyl adjacent to an activating group) is 1. The van der Waals surface area contributed by atoms with E-state index in [-0.39, 0.29) is 18.6 Å². The number of amides is 2. The van der Waals surface area contributed by atoms with E-state index in [1.807, 2.05) is 31.1 Å². The van der Waals surface area contributed by atoms with Gasteiger partial charge < -0.3 is 19.6 Å². The van der Waals surface area contributed by atoms with Gasteiger partial charge in [0.15, 0.2) is 5.82 Å². The van der Waals surface area contributed by atoms with Crippen LogP contribution in [0.1, 0.15) is 23.5 Å². The second kappa shape index (κ2) is 6.89. The standard InChI is InChI=1S/C13H19N5O3/c1-9-16-12(21-17-9)8-15-13(19)14-7-10(18(2)3)11-5-4-6-20-11/h4-6,10H,7-8H2,1-3H3,(H2,14,15,19). The Hall–Kier alpha value is -2.35. The zero-order chi connectivity index (χ0) is 15.2. The van der Waals surface area contributed by atoms with Crippen molar-refractivity contribution in [3.8, 4) is 0 Å². The van der Waals surface area contributed by atoms with E-state index in [1.54, 1.807) is 13.2 Å². The first-order valence-electron chi connectivity index (χ1n) is 6.57. The Bertz CT molecular complexity index is 564. The van der Waals surface area contributed by atoms with Crippen LogP contribution in [0.3, 0.4) is 0 Å². The van der Waals surface area contributed by atoms with Gasteiger partial charge >= 0.3 is 6.03 Å². The van der Waals surface area contributed by atoms with E-state index in [4.69, 9.17) is 8.94 Å². The summed E-state index contributed by atoms with van der Waals surface area (Å²) in [6.07, 6.45) is 1.61. The Kier molecular flexibility index (Phi) is 4.94. The van der Waals surface area contributed by atoms with Gasteiger partial charge in [0.05, 0.1) is 18.8 Å². The van der Waals surface area contributed by atoms with Gasteiger partial charge in [-0.05, 0) is 33.2 Å². The number of aryl methyl sites for hydroxylation is 1. The number of carbonyl (C=O) groups is 1. The highest BCUT2D eigenvalue weighted by Gasteiger charge is 2.17. The maximum Gasteiger partial charge on any atom is 0.315 e. The SMILES string of the molecule is Cc1noc(CNC(=O)NCC(c2ccco2)N(C)C)n1. The van der Waals surface area contributed by atoms with Gasteiger partial charge in [0, 0.05) is 6.54 Å². The lowest BCUT2D eigenvalue weighted by atomic mass is 10.2. The molecule has 0 bridgehead atoms. The lowest BCUT2D eigenvalue weighted by Gasteiger charge is -2.22. The topological polar surface area (TPSA) is 96.4 Å². The summed E-state index contributed by atoms with van der Waals surface area (Å²) in [5.41, 5.74) is 0. The Morgan fingerprint density at radius 2 is 2.24 bits per heavy atom. The van der Waals surface area contributed by atoms with Gasteiger partial charge in [0.25, 0.3) is 0 Å². The Morgan fingerprint density at radius 1 is 1.43 bits per heavy atom. The van der Waals surface area contributed by atoms with Crippen LogP contribution in [0.15, 0.2) is 27.3 Å². The maximum absolute atomic E-state index is 11.8. The molecule has 1 unspecified atom stereocenters. The van der Waals surface area contributed by atoms with Crippen molar-refractivity contribution in [2.75, 3.05) is 20.6 Å². The molecule has 2 rings (SSSR count). The minimum absolute atomic E-state index is 0.0311. The van der Waals surface area contributed by atoms with Gasteiger partial charge in [-0.25, -0.2) is 4.79 Å². The molecular formula is C13H19N5O3. The molecule has 2 heterocycles. The molecule has 0 radical (unpaired) electrons. The quantitative estimate of drug-likeness (QED) is 0.827. The lowest BCUT2D eigenvalue weighted by molar-refractivity contribution is 0.223. The third kappa shape index (κ3) is 4.32. The number of furan rings is 1. The fourth-order valence-corrected chi connectivity index (χ4v) is 1.84. The number of nitrogens with one attached hydrogen (secondary N) is 2. The number of hydrogen-bond donors (Lipinski definition) is 2. The van der Waals surface area contributed by atoms with Crippen LogP contribution in [-0.2, 0) is 6.54 Å². The third-order valence-corrected chi connectivity index (χ3v) is 2.92. The maximum atomic E-state index is 11.8. The molecule has 0 spiro atoms. The first-order chi connectivity index (χ1) is 10.1. The molecule has 21 heavy (non-hydrogen) atoms. The zero-order valence-corrected chi connectivity index (χ0v) is 12.3. The van der Waals surface area contributed by atoms with E-state index < -0.39 is 0 Å². The van der Waals surface area contributed by atoms with Crippen LogP contribution < -0.4 is 10.6 Å². The molecule has 1 atom stereocenters. The molecule has 2 amide bonds. The second-order valence-corrected chi connectivity index (χ2v) is 4.79. The van der Waals surface area contributed by atoms with Crippen LogP contribution in [0, 0.1) is 6.92 Å². The molecule has 0 saturated carbocycles. The molecule has 8 nitrogen and oxygen atoms in total. The number of carbonyl (C=O) groups excluding carboxylic acids is 1. The van der Waals surface area contributed by atoms with Crippen molar-refractivity contribution >= 4 is 6.03 Å². The van der Waals surface area contributed by atoms with Gasteiger partial charge in [0.2, 0.25) is 5.89 Å². The van der Waals surface area contributed by atoms with Crippen molar-refractivity contribution in [1.29, 1.82) is 0 Å². The average molecular weight is 293 g/mol. The molecule has 114 valence electrons. The van der Waals surface area contributed by atoms with Crippen LogP contribution >= 0.6 is 0 Å². The summed E-state index contributed by atoms with van der Waals surface area (Å²) >= 11 is 0. The molecule has 0 fully saturated rings. The largest absolute Gasteiger partial charge is 0.468 e. The molecule has 8 heteroatoms. The minimum atomic E-state index is -0.302. The third-order valence-electron chi connectivity index (χ3n) is 2.92. The molecule has 2 N–H and O–H groups in total. The van der Waals surface area contributed by atoms with Crippen molar-refractivity contribution in [3.63, 3.8) is 0 Å². The summed E-state index contributed by atoms with van der Waals surface area (Å²) in [5.74, 6) is 1.71.